The van der Waals surface area contributed by atoms with E-state index in [-0.39, 0.29) is 17.3 Å². The second kappa shape index (κ2) is 9.70. The van der Waals surface area contributed by atoms with Crippen molar-refractivity contribution in [2.24, 2.45) is 0 Å². The molecular weight excluding hydrogens is 474 g/mol. The average molecular weight is 498 g/mol. The molecule has 2 aromatic carbocycles. The van der Waals surface area contributed by atoms with Crippen LogP contribution >= 0.6 is 11.3 Å². The number of amides is 1. The molecule has 2 heterocycles. The van der Waals surface area contributed by atoms with Crippen molar-refractivity contribution in [2.45, 2.75) is 25.3 Å². The van der Waals surface area contributed by atoms with E-state index in [1.807, 2.05) is 18.4 Å². The molecule has 176 valence electrons. The minimum atomic E-state index is -3.79. The number of anilines is 1. The van der Waals surface area contributed by atoms with Crippen molar-refractivity contribution in [2.75, 3.05) is 11.8 Å². The zero-order chi connectivity index (χ0) is 24.3. The first kappa shape index (κ1) is 23.5. The lowest BCUT2D eigenvalue weighted by Gasteiger charge is -2.09. The summed E-state index contributed by atoms with van der Waals surface area (Å²) in [6.07, 6.45) is 0. The predicted molar refractivity (Wildman–Crippen MR) is 131 cm³/mol. The van der Waals surface area contributed by atoms with Crippen LogP contribution in [0.5, 0.6) is 5.75 Å². The summed E-state index contributed by atoms with van der Waals surface area (Å²) < 4.78 is 38.9. The van der Waals surface area contributed by atoms with Crippen LogP contribution in [0.4, 0.5) is 5.69 Å². The lowest BCUT2D eigenvalue weighted by Crippen LogP contribution is -2.23. The number of rotatable bonds is 8. The van der Waals surface area contributed by atoms with E-state index < -0.39 is 10.0 Å². The third kappa shape index (κ3) is 5.13. The molecule has 0 unspecified atom stereocenters. The van der Waals surface area contributed by atoms with Gasteiger partial charge in [-0.1, -0.05) is 6.07 Å². The van der Waals surface area contributed by atoms with Gasteiger partial charge in [-0.25, -0.2) is 13.4 Å². The van der Waals surface area contributed by atoms with Crippen molar-refractivity contribution in [1.82, 2.24) is 10.3 Å². The van der Waals surface area contributed by atoms with Crippen molar-refractivity contribution in [3.05, 3.63) is 81.9 Å². The maximum atomic E-state index is 12.7. The summed E-state index contributed by atoms with van der Waals surface area (Å²) in [4.78, 5) is 17.7. The molecule has 0 saturated heterocycles. The topological polar surface area (TPSA) is 111 Å². The third-order valence-electron chi connectivity index (χ3n) is 5.11. The number of carbonyl (C=O) groups is 1. The molecule has 0 bridgehead atoms. The van der Waals surface area contributed by atoms with Gasteiger partial charge in [0.25, 0.3) is 15.9 Å². The quantitative estimate of drug-likeness (QED) is 0.363. The summed E-state index contributed by atoms with van der Waals surface area (Å²) in [5.74, 6) is 1.31. The minimum Gasteiger partial charge on any atom is -0.497 e. The van der Waals surface area contributed by atoms with Gasteiger partial charge in [0.05, 0.1) is 23.4 Å². The number of ether oxygens (including phenoxy) is 1. The van der Waals surface area contributed by atoms with E-state index in [9.17, 15) is 13.2 Å². The Morgan fingerprint density at radius 3 is 2.56 bits per heavy atom. The number of aromatic nitrogens is 1. The van der Waals surface area contributed by atoms with Crippen LogP contribution in [0.1, 0.15) is 26.7 Å². The fourth-order valence-corrected chi connectivity index (χ4v) is 5.14. The predicted octanol–water partition coefficient (Wildman–Crippen LogP) is 4.76. The fraction of sp³-hybridized carbons (Fsp3) is 0.167. The van der Waals surface area contributed by atoms with Crippen LogP contribution in [-0.2, 0) is 16.6 Å². The highest BCUT2D eigenvalue weighted by atomic mass is 32.2. The van der Waals surface area contributed by atoms with Gasteiger partial charge in [-0.05, 0) is 73.3 Å². The molecular formula is C24H23N3O5S2. The van der Waals surface area contributed by atoms with E-state index >= 15 is 0 Å². The van der Waals surface area contributed by atoms with Crippen molar-refractivity contribution in [1.29, 1.82) is 0 Å². The van der Waals surface area contributed by atoms with Crippen LogP contribution in [0, 0.1) is 13.8 Å². The number of oxazole rings is 1. The SMILES string of the molecule is COc1ccc(S(=O)(=O)Nc2cccc(-c3nc(CNC(=O)c4sccc4C)c(C)o3)c2)cc1. The molecule has 8 nitrogen and oxygen atoms in total. The molecule has 0 aliphatic rings. The maximum absolute atomic E-state index is 12.7. The highest BCUT2D eigenvalue weighted by molar-refractivity contribution is 7.92. The van der Waals surface area contributed by atoms with E-state index in [0.29, 0.717) is 39.2 Å². The number of hydrogen-bond donors (Lipinski definition) is 2. The molecule has 4 rings (SSSR count). The first-order valence-electron chi connectivity index (χ1n) is 10.3. The summed E-state index contributed by atoms with van der Waals surface area (Å²) in [5.41, 5.74) is 2.49. The number of aryl methyl sites for hydroxylation is 2. The van der Waals surface area contributed by atoms with Crippen LogP contribution in [0.15, 0.2) is 69.3 Å². The number of nitrogens with one attached hydrogen (secondary N) is 2. The van der Waals surface area contributed by atoms with Gasteiger partial charge >= 0.3 is 0 Å². The summed E-state index contributed by atoms with van der Waals surface area (Å²) in [7, 11) is -2.27. The second-order valence-electron chi connectivity index (χ2n) is 7.50. The number of methoxy groups -OCH3 is 1. The number of carbonyl (C=O) groups excluding carboxylic acids is 1. The Kier molecular flexibility index (Phi) is 6.71. The molecule has 1 amide bonds. The van der Waals surface area contributed by atoms with Crippen molar-refractivity contribution < 1.29 is 22.4 Å². The maximum Gasteiger partial charge on any atom is 0.261 e. The molecule has 2 N–H and O–H groups in total. The van der Waals surface area contributed by atoms with Crippen LogP contribution < -0.4 is 14.8 Å². The van der Waals surface area contributed by atoms with E-state index in [1.54, 1.807) is 43.3 Å². The summed E-state index contributed by atoms with van der Waals surface area (Å²) in [5, 5.41) is 4.74. The Labute approximate surface area is 201 Å². The monoisotopic (exact) mass is 497 g/mol. The normalized spacial score (nSPS) is 11.3. The Morgan fingerprint density at radius 2 is 1.88 bits per heavy atom. The smallest absolute Gasteiger partial charge is 0.261 e. The Bertz CT molecular complexity index is 1420. The van der Waals surface area contributed by atoms with Crippen LogP contribution in [0.3, 0.4) is 0 Å². The van der Waals surface area contributed by atoms with Crippen LogP contribution in [0.25, 0.3) is 11.5 Å². The third-order valence-corrected chi connectivity index (χ3v) is 7.52. The van der Waals surface area contributed by atoms with E-state index in [0.717, 1.165) is 5.56 Å². The molecule has 0 spiro atoms. The highest BCUT2D eigenvalue weighted by Gasteiger charge is 2.17. The van der Waals surface area contributed by atoms with Gasteiger partial charge in [0.2, 0.25) is 5.89 Å². The van der Waals surface area contributed by atoms with Gasteiger partial charge in [0.1, 0.15) is 17.2 Å². The number of sulfonamides is 1. The van der Waals surface area contributed by atoms with Crippen molar-refractivity contribution >= 4 is 33.0 Å². The second-order valence-corrected chi connectivity index (χ2v) is 10.1. The van der Waals surface area contributed by atoms with Gasteiger partial charge in [-0.2, -0.15) is 0 Å². The van der Waals surface area contributed by atoms with E-state index in [4.69, 9.17) is 9.15 Å². The Morgan fingerprint density at radius 1 is 1.12 bits per heavy atom. The zero-order valence-electron chi connectivity index (χ0n) is 18.8. The molecule has 34 heavy (non-hydrogen) atoms. The zero-order valence-corrected chi connectivity index (χ0v) is 20.4. The molecule has 0 fully saturated rings. The Hall–Kier alpha value is -3.63. The summed E-state index contributed by atoms with van der Waals surface area (Å²) in [6.45, 7) is 3.88. The van der Waals surface area contributed by atoms with Crippen molar-refractivity contribution in [3.8, 4) is 17.2 Å². The summed E-state index contributed by atoms with van der Waals surface area (Å²) in [6, 6.07) is 14.8. The molecule has 0 atom stereocenters. The number of thiophene rings is 1. The molecule has 0 aliphatic carbocycles. The first-order valence-corrected chi connectivity index (χ1v) is 12.7. The molecule has 0 aliphatic heterocycles. The lowest BCUT2D eigenvalue weighted by atomic mass is 10.2. The molecule has 4 aromatic rings. The highest BCUT2D eigenvalue weighted by Crippen LogP contribution is 2.26. The molecule has 0 saturated carbocycles. The summed E-state index contributed by atoms with van der Waals surface area (Å²) >= 11 is 1.39. The standard InChI is InChI=1S/C24H23N3O5S2/c1-15-11-12-33-22(15)23(28)25-14-21-16(2)32-24(26-21)17-5-4-6-18(13-17)27-34(29,30)20-9-7-19(31-3)8-10-20/h4-13,27H,14H2,1-3H3,(H,25,28). The largest absolute Gasteiger partial charge is 0.497 e. The fourth-order valence-electron chi connectivity index (χ4n) is 3.25. The van der Waals surface area contributed by atoms with Crippen molar-refractivity contribution in [3.63, 3.8) is 0 Å². The average Bonchev–Trinajstić information content (AvgIpc) is 3.42. The van der Waals surface area contributed by atoms with Crippen LogP contribution in [-0.4, -0.2) is 26.4 Å². The molecule has 10 heteroatoms. The van der Waals surface area contributed by atoms with E-state index in [1.165, 1.54) is 30.6 Å². The number of hydrogen-bond acceptors (Lipinski definition) is 7. The number of benzene rings is 2. The molecule has 2 aromatic heterocycles. The van der Waals surface area contributed by atoms with Gasteiger partial charge in [0, 0.05) is 11.3 Å². The first-order chi connectivity index (χ1) is 16.3. The Balaban J connectivity index is 1.49. The van der Waals surface area contributed by atoms with Gasteiger partial charge in [-0.15, -0.1) is 11.3 Å². The van der Waals surface area contributed by atoms with Gasteiger partial charge < -0.3 is 14.5 Å². The number of nitrogens with zero attached hydrogens (tertiary/aromatic N) is 1. The lowest BCUT2D eigenvalue weighted by molar-refractivity contribution is 0.0954. The molecule has 0 radical (unpaired) electrons. The van der Waals surface area contributed by atoms with Crippen LogP contribution in [0.2, 0.25) is 0 Å². The minimum absolute atomic E-state index is 0.115. The van der Waals surface area contributed by atoms with Gasteiger partial charge in [0.15, 0.2) is 0 Å². The van der Waals surface area contributed by atoms with E-state index in [2.05, 4.69) is 15.0 Å². The van der Waals surface area contributed by atoms with Gasteiger partial charge in [-0.3, -0.25) is 9.52 Å².